The number of methoxy groups -OCH3 is 2. The van der Waals surface area contributed by atoms with Gasteiger partial charge in [0.15, 0.2) is 5.15 Å². The number of benzene rings is 1. The molecule has 0 saturated heterocycles. The minimum Gasteiger partial charge on any atom is -0.496 e. The summed E-state index contributed by atoms with van der Waals surface area (Å²) in [5, 5.41) is 0.620. The Morgan fingerprint density at radius 1 is 0.800 bits per heavy atom. The highest BCUT2D eigenvalue weighted by Gasteiger charge is 2.11. The quantitative estimate of drug-likeness (QED) is 0.749. The third-order valence-corrected chi connectivity index (χ3v) is 3.34. The van der Waals surface area contributed by atoms with E-state index in [0.717, 1.165) is 0 Å². The first-order valence-corrected chi connectivity index (χ1v) is 6.59. The van der Waals surface area contributed by atoms with Crippen molar-refractivity contribution in [1.29, 1.82) is 0 Å². The van der Waals surface area contributed by atoms with Gasteiger partial charge in [-0.2, -0.15) is 4.98 Å². The van der Waals surface area contributed by atoms with E-state index in [4.69, 9.17) is 49.0 Å². The molecule has 0 bridgehead atoms. The molecule has 0 atom stereocenters. The molecule has 0 N–H and O–H groups in total. The molecule has 0 saturated carbocycles. The zero-order chi connectivity index (χ0) is 14.7. The van der Waals surface area contributed by atoms with Gasteiger partial charge in [0.25, 0.3) is 0 Å². The van der Waals surface area contributed by atoms with Crippen LogP contribution in [-0.2, 0) is 0 Å². The SMILES string of the molecule is COc1cc(OC)cc(Oc2nc(Cl)c(Cl)cc2Cl)c1. The lowest BCUT2D eigenvalue weighted by atomic mass is 10.3. The number of rotatable bonds is 4. The normalized spacial score (nSPS) is 10.2. The lowest BCUT2D eigenvalue weighted by Gasteiger charge is -2.10. The Morgan fingerprint density at radius 3 is 1.90 bits per heavy atom. The molecule has 7 heteroatoms. The van der Waals surface area contributed by atoms with Crippen molar-refractivity contribution in [1.82, 2.24) is 4.98 Å². The van der Waals surface area contributed by atoms with Gasteiger partial charge in [0, 0.05) is 18.2 Å². The summed E-state index contributed by atoms with van der Waals surface area (Å²) in [6.07, 6.45) is 0. The van der Waals surface area contributed by atoms with E-state index >= 15 is 0 Å². The summed E-state index contributed by atoms with van der Waals surface area (Å²) >= 11 is 17.7. The molecule has 20 heavy (non-hydrogen) atoms. The van der Waals surface area contributed by atoms with Gasteiger partial charge in [0.1, 0.15) is 22.3 Å². The maximum atomic E-state index is 6.01. The van der Waals surface area contributed by atoms with E-state index in [9.17, 15) is 0 Å². The Kier molecular flexibility index (Phi) is 4.81. The Balaban J connectivity index is 2.36. The van der Waals surface area contributed by atoms with Crippen molar-refractivity contribution >= 4 is 34.8 Å². The van der Waals surface area contributed by atoms with E-state index in [1.807, 2.05) is 0 Å². The van der Waals surface area contributed by atoms with E-state index in [-0.39, 0.29) is 21.1 Å². The van der Waals surface area contributed by atoms with Crippen LogP contribution in [0.3, 0.4) is 0 Å². The van der Waals surface area contributed by atoms with Crippen LogP contribution in [0.15, 0.2) is 24.3 Å². The molecule has 0 radical (unpaired) electrons. The van der Waals surface area contributed by atoms with Crippen molar-refractivity contribution in [2.24, 2.45) is 0 Å². The fourth-order valence-electron chi connectivity index (χ4n) is 1.45. The van der Waals surface area contributed by atoms with Gasteiger partial charge in [-0.1, -0.05) is 34.8 Å². The van der Waals surface area contributed by atoms with Crippen molar-refractivity contribution < 1.29 is 14.2 Å². The summed E-state index contributed by atoms with van der Waals surface area (Å²) in [5.41, 5.74) is 0. The molecular weight excluding hydrogens is 325 g/mol. The number of nitrogens with zero attached hydrogens (tertiary/aromatic N) is 1. The van der Waals surface area contributed by atoms with E-state index in [2.05, 4.69) is 4.98 Å². The first-order valence-electron chi connectivity index (χ1n) is 5.46. The van der Waals surface area contributed by atoms with Gasteiger partial charge in [-0.25, -0.2) is 0 Å². The molecule has 1 aromatic carbocycles. The van der Waals surface area contributed by atoms with Crippen molar-refractivity contribution in [3.05, 3.63) is 39.5 Å². The minimum absolute atomic E-state index is 0.112. The van der Waals surface area contributed by atoms with Gasteiger partial charge in [-0.05, 0) is 6.07 Å². The third-order valence-electron chi connectivity index (χ3n) is 2.39. The monoisotopic (exact) mass is 333 g/mol. The van der Waals surface area contributed by atoms with Crippen LogP contribution in [0.4, 0.5) is 0 Å². The second-order valence-electron chi connectivity index (χ2n) is 3.70. The van der Waals surface area contributed by atoms with Crippen LogP contribution in [0.25, 0.3) is 0 Å². The standard InChI is InChI=1S/C13H10Cl3NO3/c1-18-7-3-8(19-2)5-9(4-7)20-13-11(15)6-10(14)12(16)17-13/h3-6H,1-2H3. The number of pyridine rings is 1. The minimum atomic E-state index is 0.112. The van der Waals surface area contributed by atoms with E-state index in [1.54, 1.807) is 32.4 Å². The molecular formula is C13H10Cl3NO3. The van der Waals surface area contributed by atoms with Crippen molar-refractivity contribution in [3.8, 4) is 23.1 Å². The molecule has 1 aromatic heterocycles. The van der Waals surface area contributed by atoms with Crippen LogP contribution in [0.5, 0.6) is 23.1 Å². The van der Waals surface area contributed by atoms with Gasteiger partial charge in [-0.3, -0.25) is 0 Å². The topological polar surface area (TPSA) is 40.6 Å². The maximum absolute atomic E-state index is 6.01. The fraction of sp³-hybridized carbons (Fsp3) is 0.154. The Bertz CT molecular complexity index is 612. The molecule has 0 unspecified atom stereocenters. The summed E-state index contributed by atoms with van der Waals surface area (Å²) in [5.74, 6) is 1.76. The Hall–Kier alpha value is -1.36. The van der Waals surface area contributed by atoms with Crippen LogP contribution >= 0.6 is 34.8 Å². The van der Waals surface area contributed by atoms with Crippen LogP contribution in [0.1, 0.15) is 0 Å². The highest BCUT2D eigenvalue weighted by molar-refractivity contribution is 6.42. The van der Waals surface area contributed by atoms with Crippen molar-refractivity contribution in [2.75, 3.05) is 14.2 Å². The molecule has 0 spiro atoms. The molecule has 2 rings (SSSR count). The van der Waals surface area contributed by atoms with E-state index in [0.29, 0.717) is 17.2 Å². The molecule has 106 valence electrons. The molecule has 1 heterocycles. The van der Waals surface area contributed by atoms with Crippen molar-refractivity contribution in [3.63, 3.8) is 0 Å². The zero-order valence-corrected chi connectivity index (χ0v) is 12.9. The molecule has 0 fully saturated rings. The molecule has 0 aliphatic rings. The number of hydrogen-bond donors (Lipinski definition) is 0. The van der Waals surface area contributed by atoms with Crippen molar-refractivity contribution in [2.45, 2.75) is 0 Å². The molecule has 0 aliphatic heterocycles. The second-order valence-corrected chi connectivity index (χ2v) is 4.87. The predicted octanol–water partition coefficient (Wildman–Crippen LogP) is 4.85. The van der Waals surface area contributed by atoms with Crippen LogP contribution in [-0.4, -0.2) is 19.2 Å². The summed E-state index contributed by atoms with van der Waals surface area (Å²) in [7, 11) is 3.09. The zero-order valence-electron chi connectivity index (χ0n) is 10.6. The van der Waals surface area contributed by atoms with Crippen LogP contribution in [0, 0.1) is 0 Å². The first-order chi connectivity index (χ1) is 9.53. The predicted molar refractivity (Wildman–Crippen MR) is 78.9 cm³/mol. The summed E-state index contributed by atoms with van der Waals surface area (Å²) in [6, 6.07) is 6.52. The van der Waals surface area contributed by atoms with Gasteiger partial charge < -0.3 is 14.2 Å². The highest BCUT2D eigenvalue weighted by atomic mass is 35.5. The molecule has 0 aliphatic carbocycles. The Labute approximate surface area is 131 Å². The highest BCUT2D eigenvalue weighted by Crippen LogP contribution is 2.35. The van der Waals surface area contributed by atoms with E-state index in [1.165, 1.54) is 6.07 Å². The summed E-state index contributed by atoms with van der Waals surface area (Å²) in [4.78, 5) is 3.98. The third kappa shape index (κ3) is 3.39. The lowest BCUT2D eigenvalue weighted by Crippen LogP contribution is -1.93. The van der Waals surface area contributed by atoms with Gasteiger partial charge in [0.2, 0.25) is 5.88 Å². The Morgan fingerprint density at radius 2 is 1.35 bits per heavy atom. The molecule has 0 amide bonds. The van der Waals surface area contributed by atoms with Gasteiger partial charge in [0.05, 0.1) is 19.2 Å². The smallest absolute Gasteiger partial charge is 0.239 e. The average Bonchev–Trinajstić information content (AvgIpc) is 2.44. The fourth-order valence-corrected chi connectivity index (χ4v) is 1.98. The van der Waals surface area contributed by atoms with Crippen LogP contribution in [0.2, 0.25) is 15.2 Å². The van der Waals surface area contributed by atoms with Gasteiger partial charge in [-0.15, -0.1) is 0 Å². The first kappa shape index (κ1) is 15.0. The summed E-state index contributed by atoms with van der Waals surface area (Å²) in [6.45, 7) is 0. The van der Waals surface area contributed by atoms with E-state index < -0.39 is 0 Å². The number of halogens is 3. The second kappa shape index (κ2) is 6.39. The average molecular weight is 335 g/mol. The summed E-state index contributed by atoms with van der Waals surface area (Å²) < 4.78 is 15.9. The lowest BCUT2D eigenvalue weighted by molar-refractivity contribution is 0.385. The van der Waals surface area contributed by atoms with Gasteiger partial charge >= 0.3 is 0 Å². The number of aromatic nitrogens is 1. The van der Waals surface area contributed by atoms with Crippen LogP contribution < -0.4 is 14.2 Å². The molecule has 4 nitrogen and oxygen atoms in total. The molecule has 2 aromatic rings. The maximum Gasteiger partial charge on any atom is 0.239 e. The largest absolute Gasteiger partial charge is 0.496 e. The number of ether oxygens (including phenoxy) is 3. The number of hydrogen-bond acceptors (Lipinski definition) is 4.